The fourth-order valence-corrected chi connectivity index (χ4v) is 3.79. The van der Waals surface area contributed by atoms with Crippen LogP contribution in [0.15, 0.2) is 35.9 Å². The van der Waals surface area contributed by atoms with E-state index in [0.717, 1.165) is 23.0 Å². The summed E-state index contributed by atoms with van der Waals surface area (Å²) in [5.41, 5.74) is 4.99. The molecule has 0 amide bonds. The van der Waals surface area contributed by atoms with Gasteiger partial charge in [-0.2, -0.15) is 0 Å². The first-order valence-electron chi connectivity index (χ1n) is 8.46. The van der Waals surface area contributed by atoms with Gasteiger partial charge in [-0.05, 0) is 53.8 Å². The van der Waals surface area contributed by atoms with Crippen molar-refractivity contribution in [1.29, 1.82) is 0 Å². The third-order valence-electron chi connectivity index (χ3n) is 5.28. The van der Waals surface area contributed by atoms with Crippen molar-refractivity contribution >= 4 is 6.08 Å². The Morgan fingerprint density at radius 3 is 2.44 bits per heavy atom. The molecule has 2 atom stereocenters. The maximum Gasteiger partial charge on any atom is 0.231 e. The fourth-order valence-electron chi connectivity index (χ4n) is 3.79. The van der Waals surface area contributed by atoms with Gasteiger partial charge in [0.1, 0.15) is 0 Å². The van der Waals surface area contributed by atoms with E-state index >= 15 is 0 Å². The van der Waals surface area contributed by atoms with E-state index in [1.54, 1.807) is 14.2 Å². The number of allylic oxidation sites excluding steroid dienone is 1. The van der Waals surface area contributed by atoms with Crippen molar-refractivity contribution < 1.29 is 18.9 Å². The zero-order valence-electron chi connectivity index (χ0n) is 15.0. The fraction of sp³-hybridized carbons (Fsp3) is 0.333. The van der Waals surface area contributed by atoms with Gasteiger partial charge < -0.3 is 18.9 Å². The second-order valence-corrected chi connectivity index (χ2v) is 6.60. The minimum atomic E-state index is 0.231. The van der Waals surface area contributed by atoms with Gasteiger partial charge in [0, 0.05) is 5.92 Å². The average Bonchev–Trinajstić information content (AvgIpc) is 3.09. The van der Waals surface area contributed by atoms with Gasteiger partial charge in [0.15, 0.2) is 23.0 Å². The average molecular weight is 338 g/mol. The van der Waals surface area contributed by atoms with Crippen LogP contribution in [0.1, 0.15) is 36.5 Å². The lowest BCUT2D eigenvalue weighted by Gasteiger charge is -2.32. The monoisotopic (exact) mass is 338 g/mol. The smallest absolute Gasteiger partial charge is 0.231 e. The lowest BCUT2D eigenvalue weighted by Crippen LogP contribution is -2.18. The molecule has 25 heavy (non-hydrogen) atoms. The molecule has 4 rings (SSSR count). The van der Waals surface area contributed by atoms with Crippen molar-refractivity contribution in [2.45, 2.75) is 19.8 Å². The van der Waals surface area contributed by atoms with Gasteiger partial charge in [0.05, 0.1) is 14.2 Å². The molecule has 0 N–H and O–H groups in total. The van der Waals surface area contributed by atoms with Gasteiger partial charge in [0.25, 0.3) is 0 Å². The van der Waals surface area contributed by atoms with E-state index in [2.05, 4.69) is 44.2 Å². The first kappa shape index (κ1) is 15.9. The maximum atomic E-state index is 5.58. The van der Waals surface area contributed by atoms with Gasteiger partial charge in [-0.3, -0.25) is 0 Å². The normalized spacial score (nSPS) is 20.7. The predicted octanol–water partition coefficient (Wildman–Crippen LogP) is 4.62. The van der Waals surface area contributed by atoms with Crippen LogP contribution in [0.25, 0.3) is 6.08 Å². The van der Waals surface area contributed by atoms with E-state index in [-0.39, 0.29) is 5.92 Å². The molecule has 1 aliphatic carbocycles. The summed E-state index contributed by atoms with van der Waals surface area (Å²) < 4.78 is 22.0. The van der Waals surface area contributed by atoms with Crippen molar-refractivity contribution in [1.82, 2.24) is 0 Å². The molecule has 130 valence electrons. The van der Waals surface area contributed by atoms with Crippen LogP contribution in [0.5, 0.6) is 23.0 Å². The van der Waals surface area contributed by atoms with Crippen LogP contribution >= 0.6 is 0 Å². The van der Waals surface area contributed by atoms with E-state index in [4.69, 9.17) is 18.9 Å². The first-order chi connectivity index (χ1) is 12.1. The van der Waals surface area contributed by atoms with Crippen molar-refractivity contribution in [2.75, 3.05) is 21.0 Å². The van der Waals surface area contributed by atoms with Crippen LogP contribution in [0, 0.1) is 5.92 Å². The number of rotatable bonds is 3. The van der Waals surface area contributed by atoms with Crippen molar-refractivity contribution in [3.63, 3.8) is 0 Å². The number of fused-ring (bicyclic) bond motifs is 2. The van der Waals surface area contributed by atoms with Crippen LogP contribution in [-0.4, -0.2) is 21.0 Å². The summed E-state index contributed by atoms with van der Waals surface area (Å²) in [4.78, 5) is 0. The third-order valence-corrected chi connectivity index (χ3v) is 5.28. The number of benzene rings is 2. The minimum Gasteiger partial charge on any atom is -0.493 e. The van der Waals surface area contributed by atoms with E-state index in [1.165, 1.54) is 22.3 Å². The number of hydrogen-bond acceptors (Lipinski definition) is 4. The van der Waals surface area contributed by atoms with Crippen LogP contribution in [0.2, 0.25) is 0 Å². The highest BCUT2D eigenvalue weighted by atomic mass is 16.7. The van der Waals surface area contributed by atoms with E-state index in [9.17, 15) is 0 Å². The second-order valence-electron chi connectivity index (χ2n) is 6.60. The Morgan fingerprint density at radius 1 is 0.960 bits per heavy atom. The molecule has 0 radical (unpaired) electrons. The lowest BCUT2D eigenvalue weighted by molar-refractivity contribution is 0.174. The summed E-state index contributed by atoms with van der Waals surface area (Å²) in [6, 6.07) is 10.4. The molecule has 0 aromatic heterocycles. The molecule has 2 aliphatic rings. The Balaban J connectivity index is 1.87. The highest BCUT2D eigenvalue weighted by Gasteiger charge is 2.30. The Kier molecular flexibility index (Phi) is 3.83. The molecule has 0 fully saturated rings. The van der Waals surface area contributed by atoms with Gasteiger partial charge >= 0.3 is 0 Å². The maximum absolute atomic E-state index is 5.58. The summed E-state index contributed by atoms with van der Waals surface area (Å²) in [7, 11) is 3.34. The molecule has 0 bridgehead atoms. The molecule has 2 aromatic rings. The zero-order valence-corrected chi connectivity index (χ0v) is 15.0. The first-order valence-corrected chi connectivity index (χ1v) is 8.46. The van der Waals surface area contributed by atoms with Gasteiger partial charge in [0.2, 0.25) is 6.79 Å². The van der Waals surface area contributed by atoms with Crippen LogP contribution in [0.4, 0.5) is 0 Å². The SMILES string of the molecule is COc1cc2c(cc1OC)[C@H](c1ccc3c(c1)OCO3)[C@@H](C)C(C)=C2. The Labute approximate surface area is 148 Å². The number of methoxy groups -OCH3 is 2. The van der Waals surface area contributed by atoms with Gasteiger partial charge in [-0.1, -0.05) is 24.6 Å². The summed E-state index contributed by atoms with van der Waals surface area (Å²) in [6.07, 6.45) is 2.24. The van der Waals surface area contributed by atoms with Gasteiger partial charge in [-0.15, -0.1) is 0 Å². The van der Waals surface area contributed by atoms with Crippen LogP contribution in [0.3, 0.4) is 0 Å². The molecule has 4 heteroatoms. The number of hydrogen-bond donors (Lipinski definition) is 0. The van der Waals surface area contributed by atoms with Crippen molar-refractivity contribution in [2.24, 2.45) is 5.92 Å². The van der Waals surface area contributed by atoms with E-state index in [1.807, 2.05) is 6.07 Å². The summed E-state index contributed by atoms with van der Waals surface area (Å²) in [5, 5.41) is 0. The van der Waals surface area contributed by atoms with Crippen molar-refractivity contribution in [3.8, 4) is 23.0 Å². The molecule has 0 saturated carbocycles. The quantitative estimate of drug-likeness (QED) is 0.818. The van der Waals surface area contributed by atoms with Crippen molar-refractivity contribution in [3.05, 3.63) is 52.6 Å². The third kappa shape index (κ3) is 2.53. The van der Waals surface area contributed by atoms with E-state index < -0.39 is 0 Å². The largest absolute Gasteiger partial charge is 0.493 e. The highest BCUT2D eigenvalue weighted by molar-refractivity contribution is 5.68. The molecular formula is C21H22O4. The molecule has 1 heterocycles. The Hall–Kier alpha value is -2.62. The molecule has 0 unspecified atom stereocenters. The standard InChI is InChI=1S/C21H22O4/c1-12-7-15-9-18(22-3)19(23-4)10-16(15)21(13(12)2)14-5-6-17-20(8-14)25-11-24-17/h5-10,13,21H,11H2,1-4H3/t13-,21-/m0/s1. The Bertz CT molecular complexity index is 853. The van der Waals surface area contributed by atoms with Crippen LogP contribution < -0.4 is 18.9 Å². The molecule has 0 saturated heterocycles. The predicted molar refractivity (Wildman–Crippen MR) is 96.8 cm³/mol. The minimum absolute atomic E-state index is 0.231. The summed E-state index contributed by atoms with van der Waals surface area (Å²) >= 11 is 0. The molecule has 4 nitrogen and oxygen atoms in total. The summed E-state index contributed by atoms with van der Waals surface area (Å²) in [5.74, 6) is 3.75. The second kappa shape index (κ2) is 6.03. The zero-order chi connectivity index (χ0) is 17.6. The summed E-state index contributed by atoms with van der Waals surface area (Å²) in [6.45, 7) is 4.74. The highest BCUT2D eigenvalue weighted by Crippen LogP contribution is 2.47. The van der Waals surface area contributed by atoms with E-state index in [0.29, 0.717) is 12.7 Å². The topological polar surface area (TPSA) is 36.9 Å². The Morgan fingerprint density at radius 2 is 1.68 bits per heavy atom. The lowest BCUT2D eigenvalue weighted by atomic mass is 9.72. The molecule has 1 aliphatic heterocycles. The molecule has 2 aromatic carbocycles. The molecular weight excluding hydrogens is 316 g/mol. The molecule has 0 spiro atoms. The van der Waals surface area contributed by atoms with Gasteiger partial charge in [-0.25, -0.2) is 0 Å². The van der Waals surface area contributed by atoms with Crippen LogP contribution in [-0.2, 0) is 0 Å². The number of ether oxygens (including phenoxy) is 4.